The molecular weight excluding hydrogens is 276 g/mol. The number of carbonyl (C=O) groups excluding carboxylic acids is 1. The minimum atomic E-state index is 0.230. The van der Waals surface area contributed by atoms with E-state index in [2.05, 4.69) is 0 Å². The molecule has 0 aromatic heterocycles. The summed E-state index contributed by atoms with van der Waals surface area (Å²) in [6.07, 6.45) is 0.494. The van der Waals surface area contributed by atoms with Gasteiger partial charge in [0.15, 0.2) is 0 Å². The Labute approximate surface area is 123 Å². The summed E-state index contributed by atoms with van der Waals surface area (Å²) >= 11 is 7.44. The molecule has 2 aromatic rings. The number of Topliss-reactive ketones (excluding diaryl/α,β-unsaturated/α-hetero) is 1. The fourth-order valence-electron chi connectivity index (χ4n) is 1.71. The molecule has 0 spiro atoms. The van der Waals surface area contributed by atoms with Gasteiger partial charge in [0.25, 0.3) is 0 Å². The van der Waals surface area contributed by atoms with Gasteiger partial charge in [0.2, 0.25) is 0 Å². The van der Waals surface area contributed by atoms with Gasteiger partial charge in [0.05, 0.1) is 5.75 Å². The minimum Gasteiger partial charge on any atom is -0.298 e. The first-order chi connectivity index (χ1) is 9.13. The number of hydrogen-bond acceptors (Lipinski definition) is 2. The largest absolute Gasteiger partial charge is 0.298 e. The van der Waals surface area contributed by atoms with Crippen LogP contribution in [-0.2, 0) is 11.2 Å². The summed E-state index contributed by atoms with van der Waals surface area (Å²) in [7, 11) is 0. The Kier molecular flexibility index (Phi) is 5.06. The lowest BCUT2D eigenvalue weighted by molar-refractivity contribution is -0.116. The first-order valence-corrected chi connectivity index (χ1v) is 7.45. The Hall–Kier alpha value is -1.25. The SMILES string of the molecule is Cc1ccc(CC(=O)CSc2cccc(Cl)c2)cc1. The summed E-state index contributed by atoms with van der Waals surface area (Å²) < 4.78 is 0. The van der Waals surface area contributed by atoms with Gasteiger partial charge >= 0.3 is 0 Å². The summed E-state index contributed by atoms with van der Waals surface area (Å²) in [5.74, 6) is 0.711. The van der Waals surface area contributed by atoms with E-state index in [0.29, 0.717) is 17.2 Å². The predicted octanol–water partition coefficient (Wildman–Crippen LogP) is 4.55. The zero-order chi connectivity index (χ0) is 13.7. The van der Waals surface area contributed by atoms with E-state index in [1.165, 1.54) is 17.3 Å². The summed E-state index contributed by atoms with van der Waals surface area (Å²) in [5.41, 5.74) is 2.28. The highest BCUT2D eigenvalue weighted by Crippen LogP contribution is 2.21. The second kappa shape index (κ2) is 6.78. The van der Waals surface area contributed by atoms with Gasteiger partial charge in [0, 0.05) is 16.3 Å². The lowest BCUT2D eigenvalue weighted by atomic mass is 10.1. The van der Waals surface area contributed by atoms with E-state index in [0.717, 1.165) is 10.5 Å². The van der Waals surface area contributed by atoms with Crippen LogP contribution in [0, 0.1) is 6.92 Å². The van der Waals surface area contributed by atoms with Crippen LogP contribution in [0.1, 0.15) is 11.1 Å². The van der Waals surface area contributed by atoms with E-state index in [1.54, 1.807) is 0 Å². The van der Waals surface area contributed by atoms with Crippen LogP contribution in [0.4, 0.5) is 0 Å². The number of benzene rings is 2. The average molecular weight is 291 g/mol. The fraction of sp³-hybridized carbons (Fsp3) is 0.188. The molecule has 19 heavy (non-hydrogen) atoms. The zero-order valence-corrected chi connectivity index (χ0v) is 12.3. The third kappa shape index (κ3) is 4.73. The van der Waals surface area contributed by atoms with Gasteiger partial charge in [-0.25, -0.2) is 0 Å². The molecule has 0 N–H and O–H groups in total. The van der Waals surface area contributed by atoms with Crippen molar-refractivity contribution in [3.63, 3.8) is 0 Å². The zero-order valence-electron chi connectivity index (χ0n) is 10.7. The van der Waals surface area contributed by atoms with Gasteiger partial charge in [-0.1, -0.05) is 47.5 Å². The Morgan fingerprint density at radius 3 is 2.58 bits per heavy atom. The lowest BCUT2D eigenvalue weighted by Gasteiger charge is -2.03. The summed E-state index contributed by atoms with van der Waals surface area (Å²) in [6.45, 7) is 2.04. The Bertz CT molecular complexity index is 563. The standard InChI is InChI=1S/C16H15ClOS/c1-12-5-7-13(8-6-12)9-15(18)11-19-16-4-2-3-14(17)10-16/h2-8,10H,9,11H2,1H3. The van der Waals surface area contributed by atoms with Crippen molar-refractivity contribution >= 4 is 29.1 Å². The number of carbonyl (C=O) groups is 1. The number of ketones is 1. The van der Waals surface area contributed by atoms with Crippen LogP contribution in [0.25, 0.3) is 0 Å². The van der Waals surface area contributed by atoms with Crippen molar-refractivity contribution in [2.24, 2.45) is 0 Å². The predicted molar refractivity (Wildman–Crippen MR) is 82.1 cm³/mol. The Morgan fingerprint density at radius 2 is 1.89 bits per heavy atom. The van der Waals surface area contributed by atoms with Crippen molar-refractivity contribution in [1.82, 2.24) is 0 Å². The van der Waals surface area contributed by atoms with Crippen molar-refractivity contribution in [3.8, 4) is 0 Å². The van der Waals surface area contributed by atoms with Crippen molar-refractivity contribution in [2.75, 3.05) is 5.75 Å². The molecule has 2 aromatic carbocycles. The molecule has 0 amide bonds. The fourth-order valence-corrected chi connectivity index (χ4v) is 2.78. The van der Waals surface area contributed by atoms with Gasteiger partial charge in [-0.15, -0.1) is 11.8 Å². The first-order valence-electron chi connectivity index (χ1n) is 6.09. The summed E-state index contributed by atoms with van der Waals surface area (Å²) in [4.78, 5) is 12.9. The van der Waals surface area contributed by atoms with E-state index < -0.39 is 0 Å². The minimum absolute atomic E-state index is 0.230. The third-order valence-corrected chi connectivity index (χ3v) is 4.01. The molecule has 0 bridgehead atoms. The van der Waals surface area contributed by atoms with Gasteiger partial charge in [0.1, 0.15) is 5.78 Å². The van der Waals surface area contributed by atoms with Gasteiger partial charge in [-0.2, -0.15) is 0 Å². The maximum atomic E-state index is 11.9. The molecule has 0 heterocycles. The van der Waals surface area contributed by atoms with Gasteiger partial charge in [-0.3, -0.25) is 4.79 Å². The van der Waals surface area contributed by atoms with Crippen molar-refractivity contribution in [3.05, 3.63) is 64.7 Å². The van der Waals surface area contributed by atoms with E-state index in [-0.39, 0.29) is 5.78 Å². The molecular formula is C16H15ClOS. The van der Waals surface area contributed by atoms with E-state index >= 15 is 0 Å². The molecule has 1 nitrogen and oxygen atoms in total. The second-order valence-electron chi connectivity index (χ2n) is 4.45. The molecule has 2 rings (SSSR count). The highest BCUT2D eigenvalue weighted by molar-refractivity contribution is 8.00. The first kappa shape index (κ1) is 14.2. The number of rotatable bonds is 5. The Morgan fingerprint density at radius 1 is 1.16 bits per heavy atom. The maximum absolute atomic E-state index is 11.9. The van der Waals surface area contributed by atoms with Crippen LogP contribution in [0.5, 0.6) is 0 Å². The van der Waals surface area contributed by atoms with Crippen LogP contribution < -0.4 is 0 Å². The van der Waals surface area contributed by atoms with E-state index in [9.17, 15) is 4.79 Å². The van der Waals surface area contributed by atoms with Crippen LogP contribution in [0.15, 0.2) is 53.4 Å². The third-order valence-electron chi connectivity index (χ3n) is 2.72. The molecule has 0 aliphatic rings. The van der Waals surface area contributed by atoms with Crippen LogP contribution >= 0.6 is 23.4 Å². The quantitative estimate of drug-likeness (QED) is 0.751. The highest BCUT2D eigenvalue weighted by atomic mass is 35.5. The Balaban J connectivity index is 1.86. The smallest absolute Gasteiger partial charge is 0.147 e. The van der Waals surface area contributed by atoms with Gasteiger partial charge in [-0.05, 0) is 30.7 Å². The molecule has 0 aliphatic carbocycles. The van der Waals surface area contributed by atoms with Crippen LogP contribution in [-0.4, -0.2) is 11.5 Å². The number of hydrogen-bond donors (Lipinski definition) is 0. The topological polar surface area (TPSA) is 17.1 Å². The molecule has 3 heteroatoms. The molecule has 0 fully saturated rings. The number of halogens is 1. The highest BCUT2D eigenvalue weighted by Gasteiger charge is 2.05. The van der Waals surface area contributed by atoms with Crippen molar-refractivity contribution in [2.45, 2.75) is 18.2 Å². The summed E-state index contributed by atoms with van der Waals surface area (Å²) in [5, 5.41) is 0.705. The lowest BCUT2D eigenvalue weighted by Crippen LogP contribution is -2.05. The molecule has 0 atom stereocenters. The maximum Gasteiger partial charge on any atom is 0.147 e. The van der Waals surface area contributed by atoms with Crippen LogP contribution in [0.2, 0.25) is 5.02 Å². The molecule has 0 unspecified atom stereocenters. The monoisotopic (exact) mass is 290 g/mol. The normalized spacial score (nSPS) is 10.4. The average Bonchev–Trinajstić information content (AvgIpc) is 2.39. The van der Waals surface area contributed by atoms with Crippen molar-refractivity contribution < 1.29 is 4.79 Å². The molecule has 0 radical (unpaired) electrons. The van der Waals surface area contributed by atoms with Gasteiger partial charge < -0.3 is 0 Å². The second-order valence-corrected chi connectivity index (χ2v) is 5.93. The molecule has 0 aliphatic heterocycles. The van der Waals surface area contributed by atoms with E-state index in [1.807, 2.05) is 55.5 Å². The molecule has 98 valence electrons. The summed E-state index contributed by atoms with van der Waals surface area (Å²) in [6, 6.07) is 15.7. The van der Waals surface area contributed by atoms with E-state index in [4.69, 9.17) is 11.6 Å². The molecule has 0 saturated heterocycles. The van der Waals surface area contributed by atoms with Crippen molar-refractivity contribution in [1.29, 1.82) is 0 Å². The molecule has 0 saturated carbocycles. The van der Waals surface area contributed by atoms with Crippen LogP contribution in [0.3, 0.4) is 0 Å². The number of aryl methyl sites for hydroxylation is 1. The number of thioether (sulfide) groups is 1.